The van der Waals surface area contributed by atoms with Crippen molar-refractivity contribution in [2.75, 3.05) is 13.1 Å². The van der Waals surface area contributed by atoms with E-state index in [9.17, 15) is 4.79 Å². The first-order valence-electron chi connectivity index (χ1n) is 8.68. The van der Waals surface area contributed by atoms with Crippen LogP contribution in [0.4, 0.5) is 0 Å². The summed E-state index contributed by atoms with van der Waals surface area (Å²) >= 11 is 0. The molecule has 2 aromatic carbocycles. The molecule has 0 radical (unpaired) electrons. The van der Waals surface area contributed by atoms with E-state index in [2.05, 4.69) is 28.9 Å². The monoisotopic (exact) mass is 336 g/mol. The number of ether oxygens (including phenoxy) is 1. The third-order valence-corrected chi connectivity index (χ3v) is 4.48. The number of hydrogen-bond acceptors (Lipinski definition) is 4. The molecule has 3 rings (SSSR count). The molecule has 1 aliphatic heterocycles. The summed E-state index contributed by atoms with van der Waals surface area (Å²) in [4.78, 5) is 13.0. The number of likely N-dealkylation sites (tertiary alicyclic amines) is 1. The summed E-state index contributed by atoms with van der Waals surface area (Å²) < 4.78 is 6.02. The van der Waals surface area contributed by atoms with Crippen LogP contribution in [0, 0.1) is 0 Å². The van der Waals surface area contributed by atoms with Gasteiger partial charge in [0.15, 0.2) is 0 Å². The van der Waals surface area contributed by atoms with Gasteiger partial charge in [-0.3, -0.25) is 4.79 Å². The zero-order chi connectivity index (χ0) is 17.5. The van der Waals surface area contributed by atoms with Crippen molar-refractivity contribution >= 4 is 6.29 Å². The first-order chi connectivity index (χ1) is 12.2. The number of nitrogens with zero attached hydrogens (tertiary/aromatic N) is 1. The van der Waals surface area contributed by atoms with Crippen LogP contribution in [-0.2, 0) is 6.54 Å². The molecule has 1 saturated heterocycles. The van der Waals surface area contributed by atoms with Crippen LogP contribution in [0.5, 0.6) is 5.75 Å². The smallest absolute Gasteiger partial charge is 0.150 e. The average Bonchev–Trinajstić information content (AvgIpc) is 2.68. The summed E-state index contributed by atoms with van der Waals surface area (Å²) in [6, 6.07) is 17.6. The van der Waals surface area contributed by atoms with Gasteiger partial charge in [0.25, 0.3) is 0 Å². The lowest BCUT2D eigenvalue weighted by atomic mass is 10.1. The molecule has 1 N–H and O–H groups in total. The van der Waals surface area contributed by atoms with E-state index < -0.39 is 0 Å². The van der Waals surface area contributed by atoms with Gasteiger partial charge in [0, 0.05) is 38.0 Å². The molecule has 25 heavy (non-hydrogen) atoms. The van der Waals surface area contributed by atoms with Gasteiger partial charge in [-0.1, -0.05) is 36.9 Å². The number of carbonyl (C=O) groups excluding carboxylic acids is 1. The second-order valence-corrected chi connectivity index (χ2v) is 6.28. The highest BCUT2D eigenvalue weighted by Crippen LogP contribution is 2.20. The number of rotatable bonds is 7. The molecule has 0 saturated carbocycles. The SMILES string of the molecule is C=C(NCc1ccccc1)N1CCC(Oc2ccc(C=O)cc2)CC1. The Labute approximate surface area is 149 Å². The zero-order valence-corrected chi connectivity index (χ0v) is 14.4. The van der Waals surface area contributed by atoms with Gasteiger partial charge in [-0.2, -0.15) is 0 Å². The van der Waals surface area contributed by atoms with Crippen molar-refractivity contribution < 1.29 is 9.53 Å². The molecule has 130 valence electrons. The molecule has 0 amide bonds. The molecular formula is C21H24N2O2. The predicted octanol–water partition coefficient (Wildman–Crippen LogP) is 3.60. The number of carbonyl (C=O) groups is 1. The first kappa shape index (κ1) is 17.1. The van der Waals surface area contributed by atoms with Crippen LogP contribution in [0.1, 0.15) is 28.8 Å². The van der Waals surface area contributed by atoms with Crippen molar-refractivity contribution in [3.05, 3.63) is 78.1 Å². The summed E-state index contributed by atoms with van der Waals surface area (Å²) in [5.74, 6) is 1.79. The number of benzene rings is 2. The van der Waals surface area contributed by atoms with Gasteiger partial charge in [0.2, 0.25) is 0 Å². The Balaban J connectivity index is 1.43. The molecule has 4 nitrogen and oxygen atoms in total. The Kier molecular flexibility index (Phi) is 5.73. The van der Waals surface area contributed by atoms with Crippen molar-refractivity contribution in [3.63, 3.8) is 0 Å². The molecule has 1 fully saturated rings. The maximum Gasteiger partial charge on any atom is 0.150 e. The summed E-state index contributed by atoms with van der Waals surface area (Å²) in [7, 11) is 0. The van der Waals surface area contributed by atoms with E-state index in [1.54, 1.807) is 12.1 Å². The lowest BCUT2D eigenvalue weighted by molar-refractivity contribution is 0.112. The summed E-state index contributed by atoms with van der Waals surface area (Å²) in [5.41, 5.74) is 1.92. The standard InChI is InChI=1S/C21H24N2O2/c1-17(22-15-18-5-3-2-4-6-18)23-13-11-21(12-14-23)25-20-9-7-19(16-24)8-10-20/h2-10,16,21-22H,1,11-15H2. The van der Waals surface area contributed by atoms with Gasteiger partial charge in [0.1, 0.15) is 18.1 Å². The number of piperidine rings is 1. The second-order valence-electron chi connectivity index (χ2n) is 6.28. The third-order valence-electron chi connectivity index (χ3n) is 4.48. The van der Waals surface area contributed by atoms with Crippen LogP contribution in [0.2, 0.25) is 0 Å². The van der Waals surface area contributed by atoms with Crippen LogP contribution in [-0.4, -0.2) is 30.4 Å². The predicted molar refractivity (Wildman–Crippen MR) is 99.5 cm³/mol. The second kappa shape index (κ2) is 8.38. The Bertz CT molecular complexity index is 690. The molecule has 0 aromatic heterocycles. The molecule has 1 aliphatic rings. The minimum Gasteiger partial charge on any atom is -0.490 e. The molecular weight excluding hydrogens is 312 g/mol. The Morgan fingerprint density at radius 1 is 1.12 bits per heavy atom. The van der Waals surface area contributed by atoms with Gasteiger partial charge in [-0.25, -0.2) is 0 Å². The van der Waals surface area contributed by atoms with Crippen molar-refractivity contribution in [1.82, 2.24) is 10.2 Å². The van der Waals surface area contributed by atoms with Crippen LogP contribution in [0.3, 0.4) is 0 Å². The molecule has 4 heteroatoms. The highest BCUT2D eigenvalue weighted by Gasteiger charge is 2.21. The van der Waals surface area contributed by atoms with Gasteiger partial charge in [-0.15, -0.1) is 0 Å². The molecule has 0 spiro atoms. The molecule has 0 atom stereocenters. The van der Waals surface area contributed by atoms with Crippen molar-refractivity contribution in [2.24, 2.45) is 0 Å². The van der Waals surface area contributed by atoms with E-state index in [1.165, 1.54) is 5.56 Å². The largest absolute Gasteiger partial charge is 0.490 e. The first-order valence-corrected chi connectivity index (χ1v) is 8.68. The summed E-state index contributed by atoms with van der Waals surface area (Å²) in [5, 5.41) is 3.40. The Hall–Kier alpha value is -2.75. The third kappa shape index (κ3) is 4.86. The van der Waals surface area contributed by atoms with E-state index in [1.807, 2.05) is 30.3 Å². The topological polar surface area (TPSA) is 41.6 Å². The highest BCUT2D eigenvalue weighted by molar-refractivity contribution is 5.74. The normalized spacial score (nSPS) is 14.8. The fourth-order valence-corrected chi connectivity index (χ4v) is 2.97. The van der Waals surface area contributed by atoms with Gasteiger partial charge in [0.05, 0.1) is 5.82 Å². The van der Waals surface area contributed by atoms with Crippen molar-refractivity contribution in [2.45, 2.75) is 25.5 Å². The Morgan fingerprint density at radius 2 is 1.80 bits per heavy atom. The van der Waals surface area contributed by atoms with E-state index in [-0.39, 0.29) is 6.10 Å². The van der Waals surface area contributed by atoms with Crippen LogP contribution < -0.4 is 10.1 Å². The highest BCUT2D eigenvalue weighted by atomic mass is 16.5. The molecule has 0 unspecified atom stereocenters. The molecule has 1 heterocycles. The maximum atomic E-state index is 10.7. The van der Waals surface area contributed by atoms with Crippen molar-refractivity contribution in [3.8, 4) is 5.75 Å². The minimum absolute atomic E-state index is 0.209. The fourth-order valence-electron chi connectivity index (χ4n) is 2.97. The van der Waals surface area contributed by atoms with Crippen LogP contribution in [0.15, 0.2) is 67.0 Å². The quantitative estimate of drug-likeness (QED) is 0.785. The Morgan fingerprint density at radius 3 is 2.44 bits per heavy atom. The van der Waals surface area contributed by atoms with Crippen LogP contribution in [0.25, 0.3) is 0 Å². The number of hydrogen-bond donors (Lipinski definition) is 1. The van der Waals surface area contributed by atoms with Gasteiger partial charge < -0.3 is 15.0 Å². The summed E-state index contributed by atoms with van der Waals surface area (Å²) in [6.45, 7) is 6.81. The zero-order valence-electron chi connectivity index (χ0n) is 14.4. The van der Waals surface area contributed by atoms with Crippen molar-refractivity contribution in [1.29, 1.82) is 0 Å². The minimum atomic E-state index is 0.209. The van der Waals surface area contributed by atoms with Gasteiger partial charge in [-0.05, 0) is 29.8 Å². The summed E-state index contributed by atoms with van der Waals surface area (Å²) in [6.07, 6.45) is 2.97. The average molecular weight is 336 g/mol. The lowest BCUT2D eigenvalue weighted by Crippen LogP contribution is -2.40. The lowest BCUT2D eigenvalue weighted by Gasteiger charge is -2.35. The maximum absolute atomic E-state index is 10.7. The van der Waals surface area contributed by atoms with E-state index in [4.69, 9.17) is 4.74 Å². The van der Waals surface area contributed by atoms with E-state index >= 15 is 0 Å². The number of nitrogens with one attached hydrogen (secondary N) is 1. The van der Waals surface area contributed by atoms with E-state index in [0.717, 1.165) is 50.3 Å². The van der Waals surface area contributed by atoms with Crippen LogP contribution >= 0.6 is 0 Å². The fraction of sp³-hybridized carbons (Fsp3) is 0.286. The number of aldehydes is 1. The molecule has 0 aliphatic carbocycles. The molecule has 2 aromatic rings. The van der Waals surface area contributed by atoms with Gasteiger partial charge >= 0.3 is 0 Å². The van der Waals surface area contributed by atoms with E-state index in [0.29, 0.717) is 5.56 Å². The molecule has 0 bridgehead atoms.